The third-order valence-electron chi connectivity index (χ3n) is 5.92. The zero-order valence-corrected chi connectivity index (χ0v) is 20.4. The average molecular weight is 554 g/mol. The number of alkyl halides is 3. The number of hydrogen-bond donors (Lipinski definition) is 2. The lowest BCUT2D eigenvalue weighted by atomic mass is 10.0. The lowest BCUT2D eigenvalue weighted by molar-refractivity contribution is -0.176. The Morgan fingerprint density at radius 3 is 2.45 bits per heavy atom. The summed E-state index contributed by atoms with van der Waals surface area (Å²) in [6.07, 6.45) is 3.37. The lowest BCUT2D eigenvalue weighted by Crippen LogP contribution is -2.50. The largest absolute Gasteiger partial charge is 0.411 e. The standard InChI is InChI=1S/C22H33F3N4O.HI/c1-26-21(28-19-9-11-29(12-10-19)20-7-2-3-8-20)27-14-17-5-4-6-18(13-17)15-30-16-22(23,24)25;/h4-6,13,19-20H,2-3,7-12,14-16H2,1H3,(H2,26,27,28);1H. The summed E-state index contributed by atoms with van der Waals surface area (Å²) in [5.41, 5.74) is 1.70. The van der Waals surface area contributed by atoms with Crippen molar-refractivity contribution >= 4 is 29.9 Å². The van der Waals surface area contributed by atoms with Crippen LogP contribution >= 0.6 is 24.0 Å². The average Bonchev–Trinajstić information content (AvgIpc) is 3.26. The molecule has 1 aliphatic heterocycles. The Bertz CT molecular complexity index is 688. The van der Waals surface area contributed by atoms with Crippen molar-refractivity contribution in [3.63, 3.8) is 0 Å². The predicted octanol–water partition coefficient (Wildman–Crippen LogP) is 4.46. The Kier molecular flexibility index (Phi) is 10.8. The van der Waals surface area contributed by atoms with Crippen LogP contribution in [-0.4, -0.2) is 55.9 Å². The highest BCUT2D eigenvalue weighted by Gasteiger charge is 2.28. The summed E-state index contributed by atoms with van der Waals surface area (Å²) < 4.78 is 41.4. The molecule has 1 aromatic rings. The Morgan fingerprint density at radius 1 is 1.13 bits per heavy atom. The van der Waals surface area contributed by atoms with Gasteiger partial charge in [-0.15, -0.1) is 24.0 Å². The SMILES string of the molecule is CN=C(NCc1cccc(COCC(F)(F)F)c1)NC1CCN(C2CCCC2)CC1.I. The summed E-state index contributed by atoms with van der Waals surface area (Å²) in [4.78, 5) is 6.97. The fourth-order valence-corrected chi connectivity index (χ4v) is 4.37. The molecule has 31 heavy (non-hydrogen) atoms. The first-order valence-electron chi connectivity index (χ1n) is 10.9. The van der Waals surface area contributed by atoms with Gasteiger partial charge in [0.15, 0.2) is 5.96 Å². The van der Waals surface area contributed by atoms with Crippen LogP contribution in [-0.2, 0) is 17.9 Å². The highest BCUT2D eigenvalue weighted by Crippen LogP contribution is 2.26. The smallest absolute Gasteiger partial charge is 0.367 e. The molecular weight excluding hydrogens is 520 g/mol. The quantitative estimate of drug-likeness (QED) is 0.297. The van der Waals surface area contributed by atoms with E-state index in [1.807, 2.05) is 18.2 Å². The van der Waals surface area contributed by atoms with Crippen molar-refractivity contribution in [1.82, 2.24) is 15.5 Å². The Labute approximate surface area is 200 Å². The van der Waals surface area contributed by atoms with Gasteiger partial charge in [-0.25, -0.2) is 0 Å². The highest BCUT2D eigenvalue weighted by molar-refractivity contribution is 14.0. The number of hydrogen-bond acceptors (Lipinski definition) is 3. The first-order valence-corrected chi connectivity index (χ1v) is 10.9. The Morgan fingerprint density at radius 2 is 1.81 bits per heavy atom. The topological polar surface area (TPSA) is 48.9 Å². The third kappa shape index (κ3) is 9.13. The van der Waals surface area contributed by atoms with Gasteiger partial charge in [0.1, 0.15) is 6.61 Å². The van der Waals surface area contributed by atoms with Crippen molar-refractivity contribution in [1.29, 1.82) is 0 Å². The van der Waals surface area contributed by atoms with Crippen molar-refractivity contribution in [2.24, 2.45) is 4.99 Å². The molecule has 9 heteroatoms. The van der Waals surface area contributed by atoms with Gasteiger partial charge in [0, 0.05) is 38.8 Å². The maximum absolute atomic E-state index is 12.2. The minimum atomic E-state index is -4.30. The van der Waals surface area contributed by atoms with E-state index in [2.05, 4.69) is 20.5 Å². The number of likely N-dealkylation sites (tertiary alicyclic amines) is 1. The maximum atomic E-state index is 12.2. The number of nitrogens with one attached hydrogen (secondary N) is 2. The molecule has 0 spiro atoms. The number of aliphatic imine (C=N–C) groups is 1. The molecule has 0 atom stereocenters. The van der Waals surface area contributed by atoms with E-state index >= 15 is 0 Å². The van der Waals surface area contributed by atoms with Crippen LogP contribution in [0.25, 0.3) is 0 Å². The van der Waals surface area contributed by atoms with Crippen molar-refractivity contribution in [2.45, 2.75) is 69.9 Å². The number of piperidine rings is 1. The van der Waals surface area contributed by atoms with Gasteiger partial charge in [0.25, 0.3) is 0 Å². The number of ether oxygens (including phenoxy) is 1. The van der Waals surface area contributed by atoms with Crippen molar-refractivity contribution in [2.75, 3.05) is 26.7 Å². The molecule has 1 aromatic carbocycles. The van der Waals surface area contributed by atoms with E-state index in [9.17, 15) is 13.2 Å². The molecule has 0 amide bonds. The number of rotatable bonds is 7. The molecule has 0 radical (unpaired) electrons. The second kappa shape index (κ2) is 12.8. The molecule has 176 valence electrons. The zero-order valence-electron chi connectivity index (χ0n) is 18.1. The van der Waals surface area contributed by atoms with Gasteiger partial charge >= 0.3 is 6.18 Å². The molecule has 2 aliphatic rings. The van der Waals surface area contributed by atoms with Crippen LogP contribution in [0.4, 0.5) is 13.2 Å². The molecule has 2 fully saturated rings. The predicted molar refractivity (Wildman–Crippen MR) is 128 cm³/mol. The molecule has 1 saturated carbocycles. The number of nitrogens with zero attached hydrogens (tertiary/aromatic N) is 2. The Balaban J connectivity index is 0.00000341. The summed E-state index contributed by atoms with van der Waals surface area (Å²) >= 11 is 0. The summed E-state index contributed by atoms with van der Waals surface area (Å²) in [5, 5.41) is 6.83. The molecule has 0 aromatic heterocycles. The molecule has 2 N–H and O–H groups in total. The van der Waals surface area contributed by atoms with Gasteiger partial charge in [-0.05, 0) is 36.8 Å². The van der Waals surface area contributed by atoms with Crippen LogP contribution in [0.3, 0.4) is 0 Å². The van der Waals surface area contributed by atoms with Gasteiger partial charge < -0.3 is 20.3 Å². The van der Waals surface area contributed by atoms with E-state index in [1.54, 1.807) is 13.1 Å². The third-order valence-corrected chi connectivity index (χ3v) is 5.92. The highest BCUT2D eigenvalue weighted by atomic mass is 127. The van der Waals surface area contributed by atoms with E-state index in [-0.39, 0.29) is 30.6 Å². The van der Waals surface area contributed by atoms with E-state index in [0.717, 1.165) is 49.1 Å². The minimum Gasteiger partial charge on any atom is -0.367 e. The molecule has 0 bridgehead atoms. The van der Waals surface area contributed by atoms with E-state index in [0.29, 0.717) is 12.6 Å². The van der Waals surface area contributed by atoms with Crippen molar-refractivity contribution in [3.05, 3.63) is 35.4 Å². The normalized spacial score (nSPS) is 19.3. The molecule has 1 saturated heterocycles. The van der Waals surface area contributed by atoms with Gasteiger partial charge in [-0.2, -0.15) is 13.2 Å². The summed E-state index contributed by atoms with van der Waals surface area (Å²) in [5.74, 6) is 0.757. The van der Waals surface area contributed by atoms with Crippen molar-refractivity contribution < 1.29 is 17.9 Å². The number of guanidine groups is 1. The molecule has 3 rings (SSSR count). The van der Waals surface area contributed by atoms with Crippen LogP contribution in [0.15, 0.2) is 29.3 Å². The van der Waals surface area contributed by atoms with E-state index in [4.69, 9.17) is 4.74 Å². The second-order valence-electron chi connectivity index (χ2n) is 8.25. The van der Waals surface area contributed by atoms with Gasteiger partial charge in [0.05, 0.1) is 6.61 Å². The monoisotopic (exact) mass is 554 g/mol. The fraction of sp³-hybridized carbons (Fsp3) is 0.682. The lowest BCUT2D eigenvalue weighted by Gasteiger charge is -2.36. The maximum Gasteiger partial charge on any atom is 0.411 e. The van der Waals surface area contributed by atoms with Crippen LogP contribution in [0.5, 0.6) is 0 Å². The molecule has 1 aliphatic carbocycles. The summed E-state index contributed by atoms with van der Waals surface area (Å²) in [6.45, 7) is 1.54. The molecule has 1 heterocycles. The number of halogens is 4. The van der Waals surface area contributed by atoms with Crippen LogP contribution < -0.4 is 10.6 Å². The van der Waals surface area contributed by atoms with Gasteiger partial charge in [0.2, 0.25) is 0 Å². The molecule has 5 nitrogen and oxygen atoms in total. The molecular formula is C22H34F3IN4O. The van der Waals surface area contributed by atoms with Crippen LogP contribution in [0.1, 0.15) is 49.7 Å². The Hall–Kier alpha value is -1.07. The first-order chi connectivity index (χ1) is 14.4. The fourth-order valence-electron chi connectivity index (χ4n) is 4.37. The van der Waals surface area contributed by atoms with Gasteiger partial charge in [-0.1, -0.05) is 37.1 Å². The van der Waals surface area contributed by atoms with Crippen LogP contribution in [0, 0.1) is 0 Å². The molecule has 0 unspecified atom stereocenters. The number of benzene rings is 1. The summed E-state index contributed by atoms with van der Waals surface area (Å²) in [7, 11) is 1.75. The summed E-state index contributed by atoms with van der Waals surface area (Å²) in [6, 6.07) is 8.60. The van der Waals surface area contributed by atoms with Crippen molar-refractivity contribution in [3.8, 4) is 0 Å². The first kappa shape index (κ1) is 26.2. The van der Waals surface area contributed by atoms with E-state index in [1.165, 1.54) is 25.7 Å². The minimum absolute atomic E-state index is 0. The van der Waals surface area contributed by atoms with Gasteiger partial charge in [-0.3, -0.25) is 4.99 Å². The zero-order chi connectivity index (χ0) is 21.4. The van der Waals surface area contributed by atoms with Crippen LogP contribution in [0.2, 0.25) is 0 Å². The second-order valence-corrected chi connectivity index (χ2v) is 8.25. The van der Waals surface area contributed by atoms with E-state index < -0.39 is 12.8 Å².